The van der Waals surface area contributed by atoms with Gasteiger partial charge >= 0.3 is 0 Å². The lowest BCUT2D eigenvalue weighted by molar-refractivity contribution is -0.149. The second-order valence-corrected chi connectivity index (χ2v) is 8.61. The van der Waals surface area contributed by atoms with Gasteiger partial charge in [-0.05, 0) is 38.0 Å². The molecule has 1 atom stereocenters. The number of carbonyl (C=O) groups is 2. The lowest BCUT2D eigenvalue weighted by Gasteiger charge is -2.40. The van der Waals surface area contributed by atoms with Crippen molar-refractivity contribution < 1.29 is 14.3 Å². The number of morpholine rings is 1. The van der Waals surface area contributed by atoms with Crippen molar-refractivity contribution in [2.24, 2.45) is 17.3 Å². The predicted octanol–water partition coefficient (Wildman–Crippen LogP) is 2.69. The van der Waals surface area contributed by atoms with E-state index in [2.05, 4.69) is 13.8 Å². The molecule has 3 fully saturated rings. The summed E-state index contributed by atoms with van der Waals surface area (Å²) in [6.07, 6.45) is 7.25. The van der Waals surface area contributed by atoms with Gasteiger partial charge in [-0.15, -0.1) is 0 Å². The molecule has 3 rings (SSSR count). The minimum absolute atomic E-state index is 0.0201. The quantitative estimate of drug-likeness (QED) is 0.783. The number of nitrogens with zero attached hydrogens (tertiary/aromatic N) is 2. The molecular weight excluding hydrogens is 316 g/mol. The van der Waals surface area contributed by atoms with Gasteiger partial charge in [0, 0.05) is 31.6 Å². The first-order valence-corrected chi connectivity index (χ1v) is 10.2. The zero-order valence-electron chi connectivity index (χ0n) is 16.0. The van der Waals surface area contributed by atoms with Crippen molar-refractivity contribution in [2.75, 3.05) is 39.4 Å². The highest BCUT2D eigenvalue weighted by atomic mass is 16.5. The number of hydrogen-bond acceptors (Lipinski definition) is 3. The van der Waals surface area contributed by atoms with Crippen LogP contribution < -0.4 is 0 Å². The maximum absolute atomic E-state index is 13.4. The molecule has 0 radical (unpaired) electrons. The number of rotatable bonds is 4. The number of ether oxygens (including phenoxy) is 1. The fourth-order valence-electron chi connectivity index (χ4n) is 5.08. The van der Waals surface area contributed by atoms with Gasteiger partial charge in [0.2, 0.25) is 11.8 Å². The molecule has 1 aliphatic carbocycles. The molecule has 0 aromatic carbocycles. The van der Waals surface area contributed by atoms with Gasteiger partial charge in [-0.25, -0.2) is 0 Å². The van der Waals surface area contributed by atoms with Crippen molar-refractivity contribution in [1.82, 2.24) is 9.80 Å². The standard InChI is InChI=1S/C20H34N2O3/c1-16(2)14-20(7-3-4-8-20)19(24)22-9-5-6-17(15-22)18(23)21-10-12-25-13-11-21/h16-17H,3-15H2,1-2H3. The van der Waals surface area contributed by atoms with Crippen LogP contribution in [0.1, 0.15) is 58.8 Å². The van der Waals surface area contributed by atoms with E-state index in [-0.39, 0.29) is 17.2 Å². The lowest BCUT2D eigenvalue weighted by Crippen LogP contribution is -2.52. The fraction of sp³-hybridized carbons (Fsp3) is 0.900. The zero-order chi connectivity index (χ0) is 17.9. The molecule has 1 unspecified atom stereocenters. The topological polar surface area (TPSA) is 49.9 Å². The third-order valence-electron chi connectivity index (χ3n) is 6.19. The van der Waals surface area contributed by atoms with Crippen LogP contribution in [0.3, 0.4) is 0 Å². The average molecular weight is 351 g/mol. The molecule has 0 bridgehead atoms. The van der Waals surface area contributed by atoms with Crippen LogP contribution in [0.25, 0.3) is 0 Å². The second-order valence-electron chi connectivity index (χ2n) is 8.61. The van der Waals surface area contributed by atoms with Crippen LogP contribution in [0, 0.1) is 17.3 Å². The van der Waals surface area contributed by atoms with E-state index in [1.54, 1.807) is 0 Å². The third kappa shape index (κ3) is 4.18. The Bertz CT molecular complexity index is 479. The maximum Gasteiger partial charge on any atom is 0.228 e. The molecule has 3 aliphatic rings. The van der Waals surface area contributed by atoms with Crippen molar-refractivity contribution in [3.63, 3.8) is 0 Å². The highest BCUT2D eigenvalue weighted by Crippen LogP contribution is 2.45. The van der Waals surface area contributed by atoms with Crippen molar-refractivity contribution >= 4 is 11.8 Å². The van der Waals surface area contributed by atoms with E-state index in [1.165, 1.54) is 12.8 Å². The Morgan fingerprint density at radius 3 is 2.36 bits per heavy atom. The van der Waals surface area contributed by atoms with Gasteiger partial charge < -0.3 is 14.5 Å². The Kier molecular flexibility index (Phi) is 6.03. The Hall–Kier alpha value is -1.10. The minimum Gasteiger partial charge on any atom is -0.378 e. The van der Waals surface area contributed by atoms with E-state index in [4.69, 9.17) is 4.74 Å². The summed E-state index contributed by atoms with van der Waals surface area (Å²) in [5, 5.41) is 0. The van der Waals surface area contributed by atoms with Crippen molar-refractivity contribution in [2.45, 2.75) is 58.8 Å². The largest absolute Gasteiger partial charge is 0.378 e. The van der Waals surface area contributed by atoms with Crippen LogP contribution in [-0.2, 0) is 14.3 Å². The third-order valence-corrected chi connectivity index (χ3v) is 6.19. The Labute approximate surface area is 152 Å². The molecule has 142 valence electrons. The first kappa shape index (κ1) is 18.7. The molecule has 0 aromatic rings. The molecule has 2 saturated heterocycles. The van der Waals surface area contributed by atoms with Crippen LogP contribution in [0.5, 0.6) is 0 Å². The van der Waals surface area contributed by atoms with E-state index < -0.39 is 0 Å². The molecule has 5 heteroatoms. The number of carbonyl (C=O) groups excluding carboxylic acids is 2. The summed E-state index contributed by atoms with van der Waals surface area (Å²) < 4.78 is 5.36. The number of amides is 2. The molecule has 5 nitrogen and oxygen atoms in total. The molecule has 2 amide bonds. The average Bonchev–Trinajstić information content (AvgIpc) is 3.10. The molecule has 25 heavy (non-hydrogen) atoms. The second kappa shape index (κ2) is 8.07. The van der Waals surface area contributed by atoms with Gasteiger partial charge in [-0.1, -0.05) is 26.7 Å². The first-order chi connectivity index (χ1) is 12.0. The van der Waals surface area contributed by atoms with Gasteiger partial charge in [-0.3, -0.25) is 9.59 Å². The van der Waals surface area contributed by atoms with E-state index in [0.717, 1.165) is 38.6 Å². The number of likely N-dealkylation sites (tertiary alicyclic amines) is 1. The summed E-state index contributed by atoms with van der Waals surface area (Å²) in [4.78, 5) is 30.2. The fourth-order valence-corrected chi connectivity index (χ4v) is 5.08. The molecule has 0 aromatic heterocycles. The van der Waals surface area contributed by atoms with Crippen molar-refractivity contribution in [3.8, 4) is 0 Å². The van der Waals surface area contributed by atoms with Crippen LogP contribution in [-0.4, -0.2) is 61.0 Å². The predicted molar refractivity (Wildman–Crippen MR) is 97.1 cm³/mol. The molecule has 0 N–H and O–H groups in total. The van der Waals surface area contributed by atoms with Gasteiger partial charge in [0.25, 0.3) is 0 Å². The molecule has 0 spiro atoms. The zero-order valence-corrected chi connectivity index (χ0v) is 16.0. The summed E-state index contributed by atoms with van der Waals surface area (Å²) in [5.74, 6) is 1.08. The highest BCUT2D eigenvalue weighted by Gasteiger charge is 2.45. The summed E-state index contributed by atoms with van der Waals surface area (Å²) in [7, 11) is 0. The Balaban J connectivity index is 1.65. The van der Waals surface area contributed by atoms with E-state index in [0.29, 0.717) is 44.7 Å². The summed E-state index contributed by atoms with van der Waals surface area (Å²) in [6.45, 7) is 8.54. The maximum atomic E-state index is 13.4. The Morgan fingerprint density at radius 1 is 1.04 bits per heavy atom. The highest BCUT2D eigenvalue weighted by molar-refractivity contribution is 5.85. The monoisotopic (exact) mass is 350 g/mol. The first-order valence-electron chi connectivity index (χ1n) is 10.2. The smallest absolute Gasteiger partial charge is 0.228 e. The van der Waals surface area contributed by atoms with Crippen molar-refractivity contribution in [1.29, 1.82) is 0 Å². The summed E-state index contributed by atoms with van der Waals surface area (Å²) >= 11 is 0. The van der Waals surface area contributed by atoms with Gasteiger partial charge in [-0.2, -0.15) is 0 Å². The van der Waals surface area contributed by atoms with Crippen LogP contribution in [0.15, 0.2) is 0 Å². The lowest BCUT2D eigenvalue weighted by atomic mass is 9.76. The molecule has 2 aliphatic heterocycles. The normalized spacial score (nSPS) is 26.9. The SMILES string of the molecule is CC(C)CC1(C(=O)N2CCCC(C(=O)N3CCOCC3)C2)CCCC1. The van der Waals surface area contributed by atoms with Crippen LogP contribution in [0.4, 0.5) is 0 Å². The Morgan fingerprint density at radius 2 is 1.72 bits per heavy atom. The van der Waals surface area contributed by atoms with E-state index >= 15 is 0 Å². The van der Waals surface area contributed by atoms with Gasteiger partial charge in [0.05, 0.1) is 19.1 Å². The summed E-state index contributed by atoms with van der Waals surface area (Å²) in [5.41, 5.74) is -0.155. The van der Waals surface area contributed by atoms with Gasteiger partial charge in [0.1, 0.15) is 0 Å². The minimum atomic E-state index is -0.155. The molecular formula is C20H34N2O3. The van der Waals surface area contributed by atoms with Gasteiger partial charge in [0.15, 0.2) is 0 Å². The molecule has 2 heterocycles. The van der Waals surface area contributed by atoms with Crippen molar-refractivity contribution in [3.05, 3.63) is 0 Å². The van der Waals surface area contributed by atoms with E-state index in [9.17, 15) is 9.59 Å². The number of piperidine rings is 1. The summed E-state index contributed by atoms with van der Waals surface area (Å²) in [6, 6.07) is 0. The van der Waals surface area contributed by atoms with Crippen LogP contribution >= 0.6 is 0 Å². The number of hydrogen-bond donors (Lipinski definition) is 0. The van der Waals surface area contributed by atoms with Crippen LogP contribution in [0.2, 0.25) is 0 Å². The molecule has 1 saturated carbocycles. The van der Waals surface area contributed by atoms with E-state index in [1.807, 2.05) is 9.80 Å².